The van der Waals surface area contributed by atoms with Crippen LogP contribution in [0.5, 0.6) is 0 Å². The second kappa shape index (κ2) is 43.8. The van der Waals surface area contributed by atoms with Crippen LogP contribution in [0.3, 0.4) is 0 Å². The van der Waals surface area contributed by atoms with Gasteiger partial charge in [0.1, 0.15) is 17.1 Å². The maximum absolute atomic E-state index is 12.9. The third-order valence-corrected chi connectivity index (χ3v) is 32.5. The Kier molecular flexibility index (Phi) is 31.1. The van der Waals surface area contributed by atoms with E-state index < -0.39 is 18.1 Å². The first-order chi connectivity index (χ1) is 65.5. The van der Waals surface area contributed by atoms with Crippen molar-refractivity contribution in [2.24, 2.45) is 0 Å². The van der Waals surface area contributed by atoms with Gasteiger partial charge >= 0.3 is 0 Å². The molecule has 2 unspecified atom stereocenters. The van der Waals surface area contributed by atoms with E-state index in [0.717, 1.165) is 166 Å². The first-order valence-electron chi connectivity index (χ1n) is 44.6. The number of amides is 5. The summed E-state index contributed by atoms with van der Waals surface area (Å²) in [5, 5.41) is 19.0. The molecule has 14 heterocycles. The highest BCUT2D eigenvalue weighted by atomic mass is 35.5. The summed E-state index contributed by atoms with van der Waals surface area (Å²) < 4.78 is 21.8. The molecule has 8 atom stereocenters. The number of pyridine rings is 2. The maximum Gasteiger partial charge on any atom is 0.262 e. The Hall–Kier alpha value is -10.7. The number of hydrogen-bond donors (Lipinski definition) is 4. The van der Waals surface area contributed by atoms with Gasteiger partial charge < -0.3 is 64.7 Å². The second-order valence-electron chi connectivity index (χ2n) is 33.7. The van der Waals surface area contributed by atoms with Crippen molar-refractivity contribution in [1.82, 2.24) is 36.1 Å². The zero-order valence-corrected chi connectivity index (χ0v) is 82.1. The van der Waals surface area contributed by atoms with Gasteiger partial charge in [0.15, 0.2) is 17.3 Å². The molecule has 7 aromatic heterocycles. The molecule has 5 aromatic carbocycles. The quantitative estimate of drug-likeness (QED) is 0.0782. The lowest BCUT2D eigenvalue weighted by Crippen LogP contribution is -2.52. The number of nitrogens with one attached hydrogen (secondary N) is 4. The van der Waals surface area contributed by atoms with Crippen LogP contribution in [0.15, 0.2) is 195 Å². The Balaban J connectivity index is 0.000000118. The zero-order valence-electron chi connectivity index (χ0n) is 74.2. The van der Waals surface area contributed by atoms with Crippen LogP contribution in [0.1, 0.15) is 177 Å². The van der Waals surface area contributed by atoms with Crippen LogP contribution in [0.2, 0.25) is 25.1 Å². The van der Waals surface area contributed by atoms with Gasteiger partial charge in [-0.3, -0.25) is 48.3 Å². The number of likely N-dealkylation sites (N-methyl/N-ethyl adjacent to an activating group) is 2. The Morgan fingerprint density at radius 3 is 1.24 bits per heavy atom. The van der Waals surface area contributed by atoms with Crippen molar-refractivity contribution in [3.8, 4) is 22.3 Å². The molecule has 5 amide bonds. The molecule has 21 rings (SSSR count). The fourth-order valence-electron chi connectivity index (χ4n) is 18.3. The summed E-state index contributed by atoms with van der Waals surface area (Å²) in [7, 11) is 4.99. The van der Waals surface area contributed by atoms with Crippen molar-refractivity contribution in [3.05, 3.63) is 311 Å². The molecule has 4 fully saturated rings. The molecule has 7 aliphatic heterocycles. The Morgan fingerprint density at radius 2 is 0.822 bits per heavy atom. The van der Waals surface area contributed by atoms with E-state index in [0.29, 0.717) is 100 Å². The summed E-state index contributed by atoms with van der Waals surface area (Å²) in [6, 6.07) is 52.7. The van der Waals surface area contributed by atoms with Crippen LogP contribution >= 0.6 is 115 Å². The average Bonchev–Trinajstić information content (AvgIpc) is 1.62. The molecule has 33 heteroatoms. The third-order valence-electron chi connectivity index (χ3n) is 25.1. The zero-order chi connectivity index (χ0) is 94.1. The predicted octanol–water partition coefficient (Wildman–Crippen LogP) is 18.6. The number of aromatic nitrogens is 2. The molecule has 4 saturated heterocycles. The van der Waals surface area contributed by atoms with Crippen LogP contribution in [-0.2, 0) is 33.3 Å². The number of nitrogens with zero attached hydrogens (tertiary/aromatic N) is 7. The number of halogens is 5. The minimum atomic E-state index is -0.664. The Morgan fingerprint density at radius 1 is 0.430 bits per heavy atom. The van der Waals surface area contributed by atoms with Crippen molar-refractivity contribution in [2.45, 2.75) is 80.3 Å². The monoisotopic (exact) mass is 2000 g/mol. The topological polar surface area (TPSA) is 264 Å². The van der Waals surface area contributed by atoms with E-state index in [4.69, 9.17) is 77.0 Å². The number of morpholine rings is 4. The molecule has 0 spiro atoms. The Bertz CT molecular complexity index is 6380. The summed E-state index contributed by atoms with van der Waals surface area (Å²) in [5.74, 6) is 5.90. The summed E-state index contributed by atoms with van der Waals surface area (Å²) >= 11 is 37.9. The lowest BCUT2D eigenvalue weighted by molar-refractivity contribution is -0.131. The van der Waals surface area contributed by atoms with Gasteiger partial charge in [-0.15, -0.1) is 56.7 Å². The summed E-state index contributed by atoms with van der Waals surface area (Å²) in [6.07, 6.45) is 9.89. The Labute approximate surface area is 827 Å². The molecule has 135 heavy (non-hydrogen) atoms. The number of ether oxygens (including phenoxy) is 4. The molecule has 0 bridgehead atoms. The summed E-state index contributed by atoms with van der Waals surface area (Å²) in [5.41, 5.74) is 13.2. The first-order valence-corrected chi connectivity index (χ1v) is 50.5. The fourth-order valence-corrected chi connectivity index (χ4v) is 24.9. The highest BCUT2D eigenvalue weighted by molar-refractivity contribution is 7.19. The van der Waals surface area contributed by atoms with Crippen molar-refractivity contribution < 1.29 is 57.3 Å². The number of anilines is 4. The van der Waals surface area contributed by atoms with E-state index in [-0.39, 0.29) is 76.5 Å². The van der Waals surface area contributed by atoms with Gasteiger partial charge in [0, 0.05) is 176 Å². The van der Waals surface area contributed by atoms with Gasteiger partial charge in [0.2, 0.25) is 11.8 Å². The number of benzene rings is 5. The van der Waals surface area contributed by atoms with Crippen molar-refractivity contribution in [1.29, 1.82) is 0 Å². The maximum atomic E-state index is 12.9. The van der Waals surface area contributed by atoms with Gasteiger partial charge in [-0.1, -0.05) is 131 Å². The lowest BCUT2D eigenvalue weighted by atomic mass is 9.80. The number of rotatable bonds is 13. The number of hydrogen-bond acceptors (Lipinski definition) is 23. The number of carbonyl (C=O) groups excluding carboxylic acids is 8. The number of Topliss-reactive ketones (excluding diaryl/α,β-unsaturated/α-hetero) is 3. The van der Waals surface area contributed by atoms with Crippen molar-refractivity contribution >= 4 is 182 Å². The highest BCUT2D eigenvalue weighted by Gasteiger charge is 2.45. The molecule has 0 saturated carbocycles. The standard InChI is InChI=1S/C25H21ClN2O2S.C20H22ClN3O3S.C19H20ClN3O3S.C19H19ClN2O3S.C19H14ClNOS/c26-19-6-4-18(5-7-19)20-9-10-22(29)24-23(20)21(8-3-17-2-1-11-27-16-17)25(31-24)28-12-14-30-15-13-28;1-23(2)20(26)17-16(12-3-5-13(21)6-4-12)14-11-15(24-7-9-27-10-8-24)28-18(14)19(25)22-17;1-21-18(24)16-15(11-2-4-12(20)5-3-11)13-10-14(23-6-8-26-9-7-23)27-17(13)19(25)22-16;1-11(23)17-16(12-2-4-13(20)5-3-12)14-10-15(22-6-8-25-9-7-22)26-18(14)19(24)21-17;20-14-3-1-12(2-4-14)15-5-6-17(22)19-16(15)11-18(23-19)13-7-9-21-10-8-13/h1-2,4-7,11,16,20H,9-10,12-15H2;3-6,11,16-17H,7-10H2,1-2H3,(H,22,25);2-5,10,15-16H,6-9H2,1H3,(H,21,24)(H,22,25);2-5,10,16-17H,6-9H2,1H3,(H,21,24);1-4,7-11,15H,5-6H2/t;16-,17-;15-,16-;16-,17+;/m.111./s1. The number of fused-ring (bicyclic) bond motifs is 5. The van der Waals surface area contributed by atoms with Crippen LogP contribution in [0, 0.1) is 11.8 Å². The van der Waals surface area contributed by atoms with Gasteiger partial charge in [-0.25, -0.2) is 0 Å². The van der Waals surface area contributed by atoms with E-state index in [9.17, 15) is 38.4 Å². The minimum Gasteiger partial charge on any atom is -0.378 e. The molecule has 4 N–H and O–H groups in total. The first kappa shape index (κ1) is 96.0. The van der Waals surface area contributed by atoms with E-state index in [1.807, 2.05) is 121 Å². The van der Waals surface area contributed by atoms with Crippen LogP contribution < -0.4 is 40.9 Å². The molecule has 9 aliphatic rings. The van der Waals surface area contributed by atoms with Gasteiger partial charge in [-0.05, 0) is 190 Å². The van der Waals surface area contributed by atoms with E-state index in [1.165, 1.54) is 57.0 Å². The highest BCUT2D eigenvalue weighted by Crippen LogP contribution is 2.51. The van der Waals surface area contributed by atoms with Crippen molar-refractivity contribution in [2.75, 3.05) is 146 Å². The minimum absolute atomic E-state index is 0.0527. The normalized spacial score (nSPS) is 20.4. The van der Waals surface area contributed by atoms with Crippen LogP contribution in [-0.4, -0.2) is 206 Å². The van der Waals surface area contributed by atoms with E-state index >= 15 is 0 Å². The van der Waals surface area contributed by atoms with Gasteiger partial charge in [0.25, 0.3) is 17.7 Å². The van der Waals surface area contributed by atoms with Crippen molar-refractivity contribution in [3.63, 3.8) is 0 Å². The molecule has 12 aromatic rings. The molecular formula is C102H96Cl5N11O12S5. The summed E-state index contributed by atoms with van der Waals surface area (Å²) in [6.45, 7) is 13.4. The third kappa shape index (κ3) is 21.8. The smallest absolute Gasteiger partial charge is 0.262 e. The lowest BCUT2D eigenvalue weighted by Gasteiger charge is -2.33. The van der Waals surface area contributed by atoms with Crippen LogP contribution in [0.4, 0.5) is 20.0 Å². The second-order valence-corrected chi connectivity index (χ2v) is 41.0. The molecule has 2 aliphatic carbocycles. The molecule has 696 valence electrons. The number of ketones is 3. The van der Waals surface area contributed by atoms with Gasteiger partial charge in [-0.2, -0.15) is 0 Å². The van der Waals surface area contributed by atoms with Gasteiger partial charge in [0.05, 0.1) is 104 Å². The molecular weight excluding hydrogens is 1910 g/mol. The molecule has 0 radical (unpaired) electrons. The number of thiophene rings is 5. The van der Waals surface area contributed by atoms with Crippen LogP contribution in [0.25, 0.3) is 10.4 Å². The summed E-state index contributed by atoms with van der Waals surface area (Å²) in [4.78, 5) is 125. The largest absolute Gasteiger partial charge is 0.378 e. The predicted molar refractivity (Wildman–Crippen MR) is 538 cm³/mol. The van der Waals surface area contributed by atoms with E-state index in [2.05, 4.69) is 111 Å². The van der Waals surface area contributed by atoms with E-state index in [1.54, 1.807) is 68.6 Å². The average molecular weight is 2010 g/mol. The fraction of sp³-hybridized carbons (Fsp3) is 0.314. The molecule has 23 nitrogen and oxygen atoms in total. The number of carbonyl (C=O) groups is 8. The SMILES string of the molecule is CC(=O)[C@@H]1NC(=O)c2sc(N3CCOCC3)cc2[C@H]1c1ccc(Cl)cc1.CN(C)C(=O)[C@@H]1NC(=O)c2sc(N3CCOCC3)cc2[C@H]1c1ccc(Cl)cc1.CNC(=O)[C@@H]1NC(=O)c2sc(N3CCOCC3)cc2[C@H]1c1ccc(Cl)cc1.O=C1CCC(c2ccc(Cl)cc2)c2c1sc(N1CCOCC1)c2C#Cc1cccnc1.O=C1CCC(c2ccc(Cl)cc2)c2cc(-c3ccncc3)sc21.